The SMILES string of the molecule is COc1ccc(Cl)cc1NC(=O)CCN(CC(=O)Nc1cc(C)ccc1C)C1CC1. The number of rotatable bonds is 9. The molecule has 1 fully saturated rings. The molecule has 160 valence electrons. The van der Waals surface area contributed by atoms with E-state index in [0.29, 0.717) is 29.0 Å². The molecule has 1 saturated carbocycles. The van der Waals surface area contributed by atoms with Crippen molar-refractivity contribution in [1.82, 2.24) is 4.90 Å². The summed E-state index contributed by atoms with van der Waals surface area (Å²) in [5, 5.41) is 6.37. The van der Waals surface area contributed by atoms with E-state index >= 15 is 0 Å². The number of amides is 2. The first kappa shape index (κ1) is 22.1. The van der Waals surface area contributed by atoms with Gasteiger partial charge in [-0.25, -0.2) is 0 Å². The summed E-state index contributed by atoms with van der Waals surface area (Å²) in [5.41, 5.74) is 3.51. The number of nitrogens with one attached hydrogen (secondary N) is 2. The molecule has 3 rings (SSSR count). The van der Waals surface area contributed by atoms with Crippen molar-refractivity contribution in [2.75, 3.05) is 30.8 Å². The van der Waals surface area contributed by atoms with Crippen LogP contribution in [0.1, 0.15) is 30.4 Å². The number of hydrogen-bond donors (Lipinski definition) is 2. The predicted octanol–water partition coefficient (Wildman–Crippen LogP) is 4.40. The van der Waals surface area contributed by atoms with Crippen LogP contribution in [-0.2, 0) is 9.59 Å². The lowest BCUT2D eigenvalue weighted by Gasteiger charge is -2.21. The van der Waals surface area contributed by atoms with Gasteiger partial charge in [-0.05, 0) is 62.1 Å². The van der Waals surface area contributed by atoms with Gasteiger partial charge in [-0.1, -0.05) is 23.7 Å². The number of nitrogens with zero attached hydrogens (tertiary/aromatic N) is 1. The van der Waals surface area contributed by atoms with Crippen molar-refractivity contribution < 1.29 is 14.3 Å². The Labute approximate surface area is 182 Å². The zero-order valence-corrected chi connectivity index (χ0v) is 18.4. The molecule has 0 radical (unpaired) electrons. The molecule has 0 heterocycles. The molecule has 0 bridgehead atoms. The van der Waals surface area contributed by atoms with Crippen molar-refractivity contribution in [2.45, 2.75) is 39.2 Å². The van der Waals surface area contributed by atoms with Crippen LogP contribution >= 0.6 is 11.6 Å². The summed E-state index contributed by atoms with van der Waals surface area (Å²) in [6.07, 6.45) is 2.39. The summed E-state index contributed by atoms with van der Waals surface area (Å²) in [4.78, 5) is 27.1. The molecule has 1 aliphatic rings. The van der Waals surface area contributed by atoms with E-state index in [2.05, 4.69) is 15.5 Å². The highest BCUT2D eigenvalue weighted by molar-refractivity contribution is 6.31. The highest BCUT2D eigenvalue weighted by Crippen LogP contribution is 2.29. The zero-order chi connectivity index (χ0) is 21.7. The Morgan fingerprint density at radius 3 is 2.50 bits per heavy atom. The van der Waals surface area contributed by atoms with Gasteiger partial charge in [0, 0.05) is 29.7 Å². The first-order valence-corrected chi connectivity index (χ1v) is 10.5. The Bertz CT molecular complexity index is 928. The van der Waals surface area contributed by atoms with Crippen molar-refractivity contribution in [1.29, 1.82) is 0 Å². The first-order chi connectivity index (χ1) is 14.4. The third-order valence-electron chi connectivity index (χ3n) is 5.14. The Morgan fingerprint density at radius 1 is 1.07 bits per heavy atom. The second kappa shape index (κ2) is 9.96. The fourth-order valence-electron chi connectivity index (χ4n) is 3.31. The molecule has 0 atom stereocenters. The van der Waals surface area contributed by atoms with Gasteiger partial charge in [0.15, 0.2) is 0 Å². The van der Waals surface area contributed by atoms with E-state index in [4.69, 9.17) is 16.3 Å². The number of ether oxygens (including phenoxy) is 1. The molecule has 2 aromatic rings. The van der Waals surface area contributed by atoms with E-state index in [-0.39, 0.29) is 24.8 Å². The smallest absolute Gasteiger partial charge is 0.238 e. The average Bonchev–Trinajstić information content (AvgIpc) is 3.53. The van der Waals surface area contributed by atoms with Gasteiger partial charge in [0.1, 0.15) is 5.75 Å². The Balaban J connectivity index is 1.54. The number of methoxy groups -OCH3 is 1. The number of carbonyl (C=O) groups is 2. The zero-order valence-electron chi connectivity index (χ0n) is 17.6. The monoisotopic (exact) mass is 429 g/mol. The molecule has 2 N–H and O–H groups in total. The molecule has 7 heteroatoms. The van der Waals surface area contributed by atoms with Crippen molar-refractivity contribution in [3.63, 3.8) is 0 Å². The minimum Gasteiger partial charge on any atom is -0.495 e. The lowest BCUT2D eigenvalue weighted by Crippen LogP contribution is -2.37. The van der Waals surface area contributed by atoms with Crippen LogP contribution in [0.3, 0.4) is 0 Å². The number of hydrogen-bond acceptors (Lipinski definition) is 4. The van der Waals surface area contributed by atoms with Gasteiger partial charge in [0.05, 0.1) is 19.3 Å². The molecule has 1 aliphatic carbocycles. The Hall–Kier alpha value is -2.57. The maximum absolute atomic E-state index is 12.6. The summed E-state index contributed by atoms with van der Waals surface area (Å²) >= 11 is 6.02. The number of benzene rings is 2. The highest BCUT2D eigenvalue weighted by atomic mass is 35.5. The van der Waals surface area contributed by atoms with Gasteiger partial charge in [-0.3, -0.25) is 14.5 Å². The summed E-state index contributed by atoms with van der Waals surface area (Å²) < 4.78 is 5.27. The number of anilines is 2. The van der Waals surface area contributed by atoms with Crippen molar-refractivity contribution in [3.8, 4) is 5.75 Å². The number of carbonyl (C=O) groups excluding carboxylic acids is 2. The molecular formula is C23H28ClN3O3. The molecule has 0 saturated heterocycles. The number of halogens is 1. The predicted molar refractivity (Wildman–Crippen MR) is 120 cm³/mol. The summed E-state index contributed by atoms with van der Waals surface area (Å²) in [6.45, 7) is 4.76. The third kappa shape index (κ3) is 6.21. The molecule has 0 spiro atoms. The molecule has 0 aliphatic heterocycles. The lowest BCUT2D eigenvalue weighted by atomic mass is 10.1. The average molecular weight is 430 g/mol. The van der Waals surface area contributed by atoms with Crippen molar-refractivity contribution in [3.05, 3.63) is 52.5 Å². The minimum absolute atomic E-state index is 0.0625. The van der Waals surface area contributed by atoms with E-state index < -0.39 is 0 Å². The van der Waals surface area contributed by atoms with Gasteiger partial charge in [0.25, 0.3) is 0 Å². The summed E-state index contributed by atoms with van der Waals surface area (Å²) in [6, 6.07) is 11.4. The van der Waals surface area contributed by atoms with Crippen LogP contribution in [0.5, 0.6) is 5.75 Å². The van der Waals surface area contributed by atoms with Crippen LogP contribution in [0.2, 0.25) is 5.02 Å². The minimum atomic E-state index is -0.142. The van der Waals surface area contributed by atoms with Crippen LogP contribution in [0.15, 0.2) is 36.4 Å². The molecule has 0 aromatic heterocycles. The van der Waals surface area contributed by atoms with Crippen LogP contribution in [0, 0.1) is 13.8 Å². The van der Waals surface area contributed by atoms with Crippen molar-refractivity contribution >= 4 is 34.8 Å². The fraction of sp³-hybridized carbons (Fsp3) is 0.391. The fourth-order valence-corrected chi connectivity index (χ4v) is 3.48. The molecule has 6 nitrogen and oxygen atoms in total. The van der Waals surface area contributed by atoms with E-state index in [1.807, 2.05) is 32.0 Å². The largest absolute Gasteiger partial charge is 0.495 e. The summed E-state index contributed by atoms with van der Waals surface area (Å²) in [7, 11) is 1.54. The Morgan fingerprint density at radius 2 is 1.80 bits per heavy atom. The standard InChI is InChI=1S/C23H28ClN3O3/c1-15-4-5-16(2)19(12-15)25-23(29)14-27(18-7-8-18)11-10-22(28)26-20-13-17(24)6-9-21(20)30-3/h4-6,9,12-13,18H,7-8,10-11,14H2,1-3H3,(H,25,29)(H,26,28). The van der Waals surface area contributed by atoms with Crippen LogP contribution < -0.4 is 15.4 Å². The molecule has 2 aromatic carbocycles. The van der Waals surface area contributed by atoms with Gasteiger partial charge >= 0.3 is 0 Å². The lowest BCUT2D eigenvalue weighted by molar-refractivity contribution is -0.119. The number of aryl methyl sites for hydroxylation is 2. The van der Waals surface area contributed by atoms with Gasteiger partial charge in [0.2, 0.25) is 11.8 Å². The van der Waals surface area contributed by atoms with Gasteiger partial charge in [-0.15, -0.1) is 0 Å². The highest BCUT2D eigenvalue weighted by Gasteiger charge is 2.30. The Kier molecular flexibility index (Phi) is 7.34. The van der Waals surface area contributed by atoms with Crippen LogP contribution in [0.25, 0.3) is 0 Å². The summed E-state index contributed by atoms with van der Waals surface area (Å²) in [5.74, 6) is 0.350. The van der Waals surface area contributed by atoms with E-state index in [9.17, 15) is 9.59 Å². The van der Waals surface area contributed by atoms with E-state index in [1.54, 1.807) is 25.3 Å². The quantitative estimate of drug-likeness (QED) is 0.619. The maximum Gasteiger partial charge on any atom is 0.238 e. The third-order valence-corrected chi connectivity index (χ3v) is 5.37. The first-order valence-electron chi connectivity index (χ1n) is 10.1. The van der Waals surface area contributed by atoms with E-state index in [1.165, 1.54) is 0 Å². The normalized spacial score (nSPS) is 13.2. The topological polar surface area (TPSA) is 70.7 Å². The second-order valence-corrected chi connectivity index (χ2v) is 8.15. The van der Waals surface area contributed by atoms with Gasteiger partial charge in [-0.2, -0.15) is 0 Å². The molecule has 0 unspecified atom stereocenters. The molecule has 2 amide bonds. The second-order valence-electron chi connectivity index (χ2n) is 7.71. The molecule has 30 heavy (non-hydrogen) atoms. The van der Waals surface area contributed by atoms with Crippen LogP contribution in [0.4, 0.5) is 11.4 Å². The van der Waals surface area contributed by atoms with Gasteiger partial charge < -0.3 is 15.4 Å². The molecular weight excluding hydrogens is 402 g/mol. The van der Waals surface area contributed by atoms with E-state index in [0.717, 1.165) is 29.7 Å². The maximum atomic E-state index is 12.6. The van der Waals surface area contributed by atoms with Crippen LogP contribution in [-0.4, -0.2) is 43.0 Å². The van der Waals surface area contributed by atoms with Crippen molar-refractivity contribution in [2.24, 2.45) is 0 Å².